The van der Waals surface area contributed by atoms with Crippen LogP contribution < -0.4 is 10.1 Å². The Labute approximate surface area is 158 Å². The van der Waals surface area contributed by atoms with Gasteiger partial charge in [0.2, 0.25) is 0 Å². The Balaban J connectivity index is 1.53. The fourth-order valence-corrected chi connectivity index (χ4v) is 3.58. The molecule has 3 aromatic rings. The van der Waals surface area contributed by atoms with Crippen LogP contribution in [0.1, 0.15) is 34.3 Å². The molecular weight excluding hydrogens is 344 g/mol. The Bertz CT molecular complexity index is 822. The molecule has 0 aliphatic rings. The SMILES string of the molecule is COc1ccc(CCC(C)NC(=O)c2cccn2Cc2cccs2)cc1. The van der Waals surface area contributed by atoms with E-state index in [4.69, 9.17) is 4.74 Å². The van der Waals surface area contributed by atoms with Crippen molar-refractivity contribution in [2.45, 2.75) is 32.4 Å². The minimum atomic E-state index is -0.0196. The Morgan fingerprint density at radius 2 is 2.00 bits per heavy atom. The van der Waals surface area contributed by atoms with Crippen molar-refractivity contribution in [1.82, 2.24) is 9.88 Å². The fraction of sp³-hybridized carbons (Fsp3) is 0.286. The Morgan fingerprint density at radius 3 is 2.69 bits per heavy atom. The van der Waals surface area contributed by atoms with Crippen LogP contribution in [0, 0.1) is 0 Å². The standard InChI is InChI=1S/C21H24N2O2S/c1-16(7-8-17-9-11-18(25-2)12-10-17)22-21(24)20-6-3-13-23(20)15-19-5-4-14-26-19/h3-6,9-14,16H,7-8,15H2,1-2H3,(H,22,24). The first-order chi connectivity index (χ1) is 12.7. The molecule has 0 spiro atoms. The number of aryl methyl sites for hydroxylation is 1. The van der Waals surface area contributed by atoms with E-state index in [2.05, 4.69) is 28.9 Å². The lowest BCUT2D eigenvalue weighted by Crippen LogP contribution is -2.34. The summed E-state index contributed by atoms with van der Waals surface area (Å²) in [6.07, 6.45) is 3.77. The first-order valence-electron chi connectivity index (χ1n) is 8.77. The second kappa shape index (κ2) is 8.72. The highest BCUT2D eigenvalue weighted by molar-refractivity contribution is 7.09. The van der Waals surface area contributed by atoms with Crippen LogP contribution in [0.4, 0.5) is 0 Å². The molecule has 2 aromatic heterocycles. The molecule has 3 rings (SSSR count). The van der Waals surface area contributed by atoms with E-state index in [1.54, 1.807) is 18.4 Å². The van der Waals surface area contributed by atoms with Crippen LogP contribution in [-0.4, -0.2) is 23.6 Å². The van der Waals surface area contributed by atoms with Crippen molar-refractivity contribution in [2.24, 2.45) is 0 Å². The van der Waals surface area contributed by atoms with Crippen molar-refractivity contribution in [3.8, 4) is 5.75 Å². The van der Waals surface area contributed by atoms with Crippen molar-refractivity contribution in [3.63, 3.8) is 0 Å². The van der Waals surface area contributed by atoms with Gasteiger partial charge in [0.25, 0.3) is 5.91 Å². The highest BCUT2D eigenvalue weighted by atomic mass is 32.1. The third kappa shape index (κ3) is 4.76. The molecular formula is C21H24N2O2S. The van der Waals surface area contributed by atoms with Gasteiger partial charge in [-0.25, -0.2) is 0 Å². The number of aromatic nitrogens is 1. The number of thiophene rings is 1. The summed E-state index contributed by atoms with van der Waals surface area (Å²) in [6.45, 7) is 2.78. The number of nitrogens with one attached hydrogen (secondary N) is 1. The summed E-state index contributed by atoms with van der Waals surface area (Å²) < 4.78 is 7.18. The average molecular weight is 369 g/mol. The molecule has 0 radical (unpaired) electrons. The molecule has 5 heteroatoms. The first-order valence-corrected chi connectivity index (χ1v) is 9.65. The normalized spacial score (nSPS) is 11.9. The molecule has 0 saturated heterocycles. The molecule has 1 aromatic carbocycles. The minimum absolute atomic E-state index is 0.0196. The van der Waals surface area contributed by atoms with Crippen molar-refractivity contribution < 1.29 is 9.53 Å². The molecule has 0 bridgehead atoms. The maximum Gasteiger partial charge on any atom is 0.268 e. The number of methoxy groups -OCH3 is 1. The van der Waals surface area contributed by atoms with Crippen LogP contribution in [0.2, 0.25) is 0 Å². The molecule has 1 N–H and O–H groups in total. The van der Waals surface area contributed by atoms with Crippen LogP contribution in [0.3, 0.4) is 0 Å². The molecule has 26 heavy (non-hydrogen) atoms. The molecule has 0 aliphatic carbocycles. The first kappa shape index (κ1) is 18.3. The summed E-state index contributed by atoms with van der Waals surface area (Å²) >= 11 is 1.70. The van der Waals surface area contributed by atoms with E-state index in [9.17, 15) is 4.79 Å². The Hall–Kier alpha value is -2.53. The Kier molecular flexibility index (Phi) is 6.12. The molecule has 1 atom stereocenters. The lowest BCUT2D eigenvalue weighted by Gasteiger charge is -2.15. The van der Waals surface area contributed by atoms with E-state index in [-0.39, 0.29) is 11.9 Å². The number of rotatable bonds is 8. The van der Waals surface area contributed by atoms with Crippen LogP contribution in [0.5, 0.6) is 5.75 Å². The van der Waals surface area contributed by atoms with Crippen molar-refractivity contribution in [3.05, 3.63) is 76.2 Å². The van der Waals surface area contributed by atoms with Crippen molar-refractivity contribution >= 4 is 17.2 Å². The smallest absolute Gasteiger partial charge is 0.268 e. The molecule has 1 amide bonds. The monoisotopic (exact) mass is 368 g/mol. The zero-order valence-corrected chi connectivity index (χ0v) is 16.0. The molecule has 136 valence electrons. The second-order valence-corrected chi connectivity index (χ2v) is 7.39. The van der Waals surface area contributed by atoms with E-state index >= 15 is 0 Å². The number of benzene rings is 1. The number of hydrogen-bond donors (Lipinski definition) is 1. The van der Waals surface area contributed by atoms with Crippen LogP contribution in [0.25, 0.3) is 0 Å². The van der Waals surface area contributed by atoms with Gasteiger partial charge >= 0.3 is 0 Å². The largest absolute Gasteiger partial charge is 0.497 e. The minimum Gasteiger partial charge on any atom is -0.497 e. The number of carbonyl (C=O) groups is 1. The zero-order chi connectivity index (χ0) is 18.4. The average Bonchev–Trinajstić information content (AvgIpc) is 3.33. The van der Waals surface area contributed by atoms with Crippen LogP contribution in [0.15, 0.2) is 60.1 Å². The number of nitrogens with zero attached hydrogens (tertiary/aromatic N) is 1. The summed E-state index contributed by atoms with van der Waals surface area (Å²) in [5, 5.41) is 5.17. The molecule has 2 heterocycles. The van der Waals surface area contributed by atoms with Gasteiger partial charge in [-0.1, -0.05) is 18.2 Å². The summed E-state index contributed by atoms with van der Waals surface area (Å²) in [5.41, 5.74) is 1.95. The summed E-state index contributed by atoms with van der Waals surface area (Å²) in [5.74, 6) is 0.843. The fourth-order valence-electron chi connectivity index (χ4n) is 2.87. The van der Waals surface area contributed by atoms with E-state index in [1.165, 1.54) is 10.4 Å². The van der Waals surface area contributed by atoms with Crippen LogP contribution in [-0.2, 0) is 13.0 Å². The van der Waals surface area contributed by atoms with Gasteiger partial charge in [0.05, 0.1) is 13.7 Å². The van der Waals surface area contributed by atoms with Gasteiger partial charge in [-0.3, -0.25) is 4.79 Å². The van der Waals surface area contributed by atoms with Crippen molar-refractivity contribution in [1.29, 1.82) is 0 Å². The topological polar surface area (TPSA) is 43.3 Å². The lowest BCUT2D eigenvalue weighted by atomic mass is 10.1. The maximum absolute atomic E-state index is 12.6. The summed E-state index contributed by atoms with van der Waals surface area (Å²) in [7, 11) is 1.67. The number of ether oxygens (including phenoxy) is 1. The van der Waals surface area contributed by atoms with Gasteiger partial charge in [-0.05, 0) is 61.0 Å². The van der Waals surface area contributed by atoms with Gasteiger partial charge in [-0.2, -0.15) is 0 Å². The third-order valence-corrected chi connectivity index (χ3v) is 5.23. The van der Waals surface area contributed by atoms with Gasteiger partial charge in [0, 0.05) is 17.1 Å². The van der Waals surface area contributed by atoms with Gasteiger partial charge in [0.1, 0.15) is 11.4 Å². The summed E-state index contributed by atoms with van der Waals surface area (Å²) in [6, 6.07) is 16.1. The molecule has 0 saturated carbocycles. The molecule has 4 nitrogen and oxygen atoms in total. The summed E-state index contributed by atoms with van der Waals surface area (Å²) in [4.78, 5) is 13.9. The van der Waals surface area contributed by atoms with E-state index in [0.717, 1.165) is 25.1 Å². The second-order valence-electron chi connectivity index (χ2n) is 6.36. The highest BCUT2D eigenvalue weighted by Crippen LogP contribution is 2.15. The van der Waals surface area contributed by atoms with Gasteiger partial charge in [-0.15, -0.1) is 11.3 Å². The maximum atomic E-state index is 12.6. The van der Waals surface area contributed by atoms with E-state index in [0.29, 0.717) is 5.69 Å². The van der Waals surface area contributed by atoms with Crippen LogP contribution >= 0.6 is 11.3 Å². The van der Waals surface area contributed by atoms with Gasteiger partial charge < -0.3 is 14.6 Å². The predicted octanol–water partition coefficient (Wildman–Crippen LogP) is 4.36. The predicted molar refractivity (Wildman–Crippen MR) is 106 cm³/mol. The molecule has 0 fully saturated rings. The number of carbonyl (C=O) groups excluding carboxylic acids is 1. The van der Waals surface area contributed by atoms with Crippen molar-refractivity contribution in [2.75, 3.05) is 7.11 Å². The van der Waals surface area contributed by atoms with E-state index in [1.807, 2.05) is 48.0 Å². The Morgan fingerprint density at radius 1 is 1.19 bits per heavy atom. The van der Waals surface area contributed by atoms with E-state index < -0.39 is 0 Å². The lowest BCUT2D eigenvalue weighted by molar-refractivity contribution is 0.0929. The number of hydrogen-bond acceptors (Lipinski definition) is 3. The quantitative estimate of drug-likeness (QED) is 0.642. The molecule has 1 unspecified atom stereocenters. The molecule has 0 aliphatic heterocycles. The zero-order valence-electron chi connectivity index (χ0n) is 15.1. The third-order valence-electron chi connectivity index (χ3n) is 4.37. The highest BCUT2D eigenvalue weighted by Gasteiger charge is 2.14. The number of amides is 1. The van der Waals surface area contributed by atoms with Gasteiger partial charge in [0.15, 0.2) is 0 Å².